The highest BCUT2D eigenvalue weighted by Gasteiger charge is 2.27. The minimum atomic E-state index is -0.265. The summed E-state index contributed by atoms with van der Waals surface area (Å²) in [5.41, 5.74) is 0. The molecule has 1 unspecified atom stereocenters. The van der Waals surface area contributed by atoms with Crippen molar-refractivity contribution >= 4 is 0 Å². The first-order valence-electron chi connectivity index (χ1n) is 8.68. The molecule has 0 saturated heterocycles. The first-order valence-corrected chi connectivity index (χ1v) is 8.68. The Kier molecular flexibility index (Phi) is 6.22. The minimum absolute atomic E-state index is 0.265. The fraction of sp³-hybridized carbons (Fsp3) is 0.882. The van der Waals surface area contributed by atoms with E-state index in [2.05, 4.69) is 30.9 Å². The highest BCUT2D eigenvalue weighted by Crippen LogP contribution is 2.34. The van der Waals surface area contributed by atoms with Gasteiger partial charge in [0.05, 0.1) is 6.10 Å². The van der Waals surface area contributed by atoms with Gasteiger partial charge in [0.25, 0.3) is 0 Å². The maximum absolute atomic E-state index is 10.5. The van der Waals surface area contributed by atoms with Gasteiger partial charge in [-0.05, 0) is 38.5 Å². The van der Waals surface area contributed by atoms with Crippen LogP contribution in [-0.2, 0) is 6.42 Å². The van der Waals surface area contributed by atoms with Gasteiger partial charge < -0.3 is 5.11 Å². The molecule has 0 aliphatic heterocycles. The molecule has 0 aromatic carbocycles. The van der Waals surface area contributed by atoms with Crippen LogP contribution < -0.4 is 0 Å². The topological polar surface area (TPSA) is 50.9 Å². The van der Waals surface area contributed by atoms with Crippen LogP contribution in [0.4, 0.5) is 0 Å². The standard InChI is InChI=1S/C17H31N3O/c1-4-5-6-14-7-9-15(10-8-14)16(21)11-17-18-12-19-20(17)13(2)3/h12-16,21H,4-11H2,1-3H3. The van der Waals surface area contributed by atoms with E-state index in [0.29, 0.717) is 18.4 Å². The molecule has 4 nitrogen and oxygen atoms in total. The smallest absolute Gasteiger partial charge is 0.138 e. The molecular formula is C17H31N3O. The van der Waals surface area contributed by atoms with E-state index >= 15 is 0 Å². The zero-order chi connectivity index (χ0) is 15.2. The fourth-order valence-corrected chi connectivity index (χ4v) is 3.56. The summed E-state index contributed by atoms with van der Waals surface area (Å²) in [6, 6.07) is 0.305. The van der Waals surface area contributed by atoms with Gasteiger partial charge in [-0.25, -0.2) is 9.67 Å². The molecule has 0 amide bonds. The summed E-state index contributed by atoms with van der Waals surface area (Å²) >= 11 is 0. The Hall–Kier alpha value is -0.900. The molecule has 0 spiro atoms. The molecule has 2 rings (SSSR count). The van der Waals surface area contributed by atoms with Crippen LogP contribution in [0.3, 0.4) is 0 Å². The van der Waals surface area contributed by atoms with Crippen molar-refractivity contribution in [3.05, 3.63) is 12.2 Å². The minimum Gasteiger partial charge on any atom is -0.392 e. The third-order valence-corrected chi connectivity index (χ3v) is 4.93. The lowest BCUT2D eigenvalue weighted by Crippen LogP contribution is -2.29. The van der Waals surface area contributed by atoms with E-state index in [4.69, 9.17) is 0 Å². The molecule has 1 atom stereocenters. The Morgan fingerprint density at radius 3 is 2.62 bits per heavy atom. The second-order valence-electron chi connectivity index (χ2n) is 6.91. The van der Waals surface area contributed by atoms with Crippen molar-refractivity contribution in [3.8, 4) is 0 Å². The molecule has 1 N–H and O–H groups in total. The quantitative estimate of drug-likeness (QED) is 0.832. The second-order valence-corrected chi connectivity index (χ2v) is 6.91. The second kappa shape index (κ2) is 7.92. The molecule has 1 aromatic rings. The van der Waals surface area contributed by atoms with Crippen molar-refractivity contribution in [2.45, 2.75) is 84.3 Å². The maximum Gasteiger partial charge on any atom is 0.138 e. The lowest BCUT2D eigenvalue weighted by atomic mass is 9.77. The third-order valence-electron chi connectivity index (χ3n) is 4.93. The van der Waals surface area contributed by atoms with Gasteiger partial charge in [0.1, 0.15) is 12.2 Å². The van der Waals surface area contributed by atoms with Gasteiger partial charge in [0, 0.05) is 12.5 Å². The number of aromatic nitrogens is 3. The van der Waals surface area contributed by atoms with Gasteiger partial charge in [-0.2, -0.15) is 5.10 Å². The van der Waals surface area contributed by atoms with Crippen molar-refractivity contribution in [2.75, 3.05) is 0 Å². The van der Waals surface area contributed by atoms with E-state index < -0.39 is 0 Å². The molecule has 21 heavy (non-hydrogen) atoms. The SMILES string of the molecule is CCCCC1CCC(C(O)Cc2ncnn2C(C)C)CC1. The Labute approximate surface area is 129 Å². The van der Waals surface area contributed by atoms with Gasteiger partial charge in [-0.3, -0.25) is 0 Å². The van der Waals surface area contributed by atoms with E-state index in [-0.39, 0.29) is 6.10 Å². The molecule has 1 aromatic heterocycles. The average molecular weight is 293 g/mol. The number of aliphatic hydroxyl groups is 1. The average Bonchev–Trinajstić information content (AvgIpc) is 2.94. The first kappa shape index (κ1) is 16.5. The van der Waals surface area contributed by atoms with Gasteiger partial charge in [-0.1, -0.05) is 39.0 Å². The zero-order valence-electron chi connectivity index (χ0n) is 13.8. The van der Waals surface area contributed by atoms with Crippen LogP contribution in [0, 0.1) is 11.8 Å². The lowest BCUT2D eigenvalue weighted by molar-refractivity contribution is 0.0699. The molecule has 4 heteroatoms. The highest BCUT2D eigenvalue weighted by molar-refractivity contribution is 4.91. The van der Waals surface area contributed by atoms with Gasteiger partial charge in [0.2, 0.25) is 0 Å². The van der Waals surface area contributed by atoms with Crippen molar-refractivity contribution in [1.29, 1.82) is 0 Å². The largest absolute Gasteiger partial charge is 0.392 e. The number of unbranched alkanes of at least 4 members (excludes halogenated alkanes) is 1. The van der Waals surface area contributed by atoms with E-state index in [1.165, 1.54) is 44.9 Å². The summed E-state index contributed by atoms with van der Waals surface area (Å²) in [6.45, 7) is 6.47. The molecule has 0 radical (unpaired) electrons. The van der Waals surface area contributed by atoms with Gasteiger partial charge in [0.15, 0.2) is 0 Å². The summed E-state index contributed by atoms with van der Waals surface area (Å²) < 4.78 is 1.93. The van der Waals surface area contributed by atoms with Crippen molar-refractivity contribution < 1.29 is 5.11 Å². The van der Waals surface area contributed by atoms with Crippen LogP contribution >= 0.6 is 0 Å². The van der Waals surface area contributed by atoms with Crippen LogP contribution in [-0.4, -0.2) is 26.0 Å². The first-order chi connectivity index (χ1) is 10.1. The Morgan fingerprint density at radius 1 is 1.29 bits per heavy atom. The number of aliphatic hydroxyl groups excluding tert-OH is 1. The van der Waals surface area contributed by atoms with E-state index in [9.17, 15) is 5.11 Å². The molecule has 1 aliphatic carbocycles. The van der Waals surface area contributed by atoms with E-state index in [1.807, 2.05) is 4.68 Å². The normalized spacial score (nSPS) is 24.4. The molecule has 1 heterocycles. The third kappa shape index (κ3) is 4.53. The number of rotatable bonds is 7. The van der Waals surface area contributed by atoms with Crippen molar-refractivity contribution in [1.82, 2.24) is 14.8 Å². The molecular weight excluding hydrogens is 262 g/mol. The Balaban J connectivity index is 1.82. The van der Waals surface area contributed by atoms with E-state index in [0.717, 1.165) is 11.7 Å². The predicted molar refractivity (Wildman–Crippen MR) is 85.1 cm³/mol. The summed E-state index contributed by atoms with van der Waals surface area (Å²) in [6.07, 6.45) is 10.9. The summed E-state index contributed by atoms with van der Waals surface area (Å²) in [5, 5.41) is 14.8. The van der Waals surface area contributed by atoms with Crippen LogP contribution in [0.2, 0.25) is 0 Å². The van der Waals surface area contributed by atoms with Crippen molar-refractivity contribution in [3.63, 3.8) is 0 Å². The maximum atomic E-state index is 10.5. The summed E-state index contributed by atoms with van der Waals surface area (Å²) in [5.74, 6) is 2.26. The number of hydrogen-bond donors (Lipinski definition) is 1. The van der Waals surface area contributed by atoms with Gasteiger partial charge >= 0.3 is 0 Å². The van der Waals surface area contributed by atoms with E-state index in [1.54, 1.807) is 6.33 Å². The monoisotopic (exact) mass is 293 g/mol. The number of hydrogen-bond acceptors (Lipinski definition) is 3. The van der Waals surface area contributed by atoms with Crippen LogP contribution in [0.5, 0.6) is 0 Å². The molecule has 1 saturated carbocycles. The highest BCUT2D eigenvalue weighted by atomic mass is 16.3. The lowest BCUT2D eigenvalue weighted by Gasteiger charge is -2.31. The molecule has 1 aliphatic rings. The van der Waals surface area contributed by atoms with Crippen molar-refractivity contribution in [2.24, 2.45) is 11.8 Å². The van der Waals surface area contributed by atoms with Crippen LogP contribution in [0.1, 0.15) is 77.6 Å². The Morgan fingerprint density at radius 2 is 2.00 bits per heavy atom. The predicted octanol–water partition coefficient (Wildman–Crippen LogP) is 3.76. The fourth-order valence-electron chi connectivity index (χ4n) is 3.56. The summed E-state index contributed by atoms with van der Waals surface area (Å²) in [4.78, 5) is 4.32. The van der Waals surface area contributed by atoms with Crippen LogP contribution in [0.25, 0.3) is 0 Å². The summed E-state index contributed by atoms with van der Waals surface area (Å²) in [7, 11) is 0. The number of nitrogens with zero attached hydrogens (tertiary/aromatic N) is 3. The van der Waals surface area contributed by atoms with Gasteiger partial charge in [-0.15, -0.1) is 0 Å². The zero-order valence-corrected chi connectivity index (χ0v) is 13.8. The molecule has 0 bridgehead atoms. The molecule has 120 valence electrons. The molecule has 1 fully saturated rings. The van der Waals surface area contributed by atoms with Crippen LogP contribution in [0.15, 0.2) is 6.33 Å². The Bertz CT molecular complexity index is 408.